The first-order valence-corrected chi connectivity index (χ1v) is 8.52. The minimum atomic E-state index is 0.615. The molecule has 1 aliphatic rings. The first-order valence-electron chi connectivity index (χ1n) is 8.52. The molecule has 3 aromatic rings. The van der Waals surface area contributed by atoms with E-state index in [0.717, 1.165) is 66.9 Å². The van der Waals surface area contributed by atoms with Crippen LogP contribution in [0.15, 0.2) is 24.5 Å². The Morgan fingerprint density at radius 1 is 1.25 bits per heavy atom. The third-order valence-electron chi connectivity index (χ3n) is 4.72. The second kappa shape index (κ2) is 6.83. The van der Waals surface area contributed by atoms with Crippen molar-refractivity contribution in [3.8, 4) is 0 Å². The summed E-state index contributed by atoms with van der Waals surface area (Å²) in [5, 5.41) is 0. The third kappa shape index (κ3) is 2.87. The van der Waals surface area contributed by atoms with Crippen molar-refractivity contribution in [2.75, 3.05) is 26.9 Å². The second-order valence-electron chi connectivity index (χ2n) is 6.30. The van der Waals surface area contributed by atoms with E-state index in [1.54, 1.807) is 7.11 Å². The molecule has 0 amide bonds. The summed E-state index contributed by atoms with van der Waals surface area (Å²) < 4.78 is 13.1. The fourth-order valence-electron chi connectivity index (χ4n) is 3.44. The van der Waals surface area contributed by atoms with Gasteiger partial charge in [0.05, 0.1) is 23.8 Å². The average molecular weight is 326 g/mol. The van der Waals surface area contributed by atoms with Gasteiger partial charge in [-0.05, 0) is 30.9 Å². The molecule has 0 atom stereocenters. The van der Waals surface area contributed by atoms with Crippen molar-refractivity contribution < 1.29 is 9.47 Å². The lowest BCUT2D eigenvalue weighted by molar-refractivity contribution is 0.0612. The highest BCUT2D eigenvalue weighted by Gasteiger charge is 2.20. The van der Waals surface area contributed by atoms with Crippen LogP contribution in [0.2, 0.25) is 0 Å². The molecule has 1 aliphatic heterocycles. The van der Waals surface area contributed by atoms with E-state index in [1.807, 2.05) is 24.5 Å². The molecule has 0 spiro atoms. The van der Waals surface area contributed by atoms with Crippen molar-refractivity contribution in [3.63, 3.8) is 0 Å². The van der Waals surface area contributed by atoms with Gasteiger partial charge in [0.1, 0.15) is 16.9 Å². The first-order chi connectivity index (χ1) is 11.9. The molecule has 1 saturated heterocycles. The molecule has 0 unspecified atom stereocenters. The van der Waals surface area contributed by atoms with E-state index in [0.29, 0.717) is 12.5 Å². The second-order valence-corrected chi connectivity index (χ2v) is 6.30. The summed E-state index contributed by atoms with van der Waals surface area (Å²) in [5.74, 6) is 1.67. The van der Waals surface area contributed by atoms with Crippen molar-refractivity contribution in [1.29, 1.82) is 0 Å². The highest BCUT2D eigenvalue weighted by molar-refractivity contribution is 5.99. The van der Waals surface area contributed by atoms with E-state index < -0.39 is 0 Å². The van der Waals surface area contributed by atoms with Gasteiger partial charge in [-0.1, -0.05) is 0 Å². The van der Waals surface area contributed by atoms with Crippen LogP contribution >= 0.6 is 0 Å². The highest BCUT2D eigenvalue weighted by Crippen LogP contribution is 2.26. The zero-order chi connectivity index (χ0) is 16.4. The molecule has 4 heterocycles. The molecular weight excluding hydrogens is 304 g/mol. The van der Waals surface area contributed by atoms with Crippen LogP contribution in [0.25, 0.3) is 22.1 Å². The van der Waals surface area contributed by atoms with Crippen LogP contribution in [0.4, 0.5) is 0 Å². The predicted octanol–water partition coefficient (Wildman–Crippen LogP) is 2.60. The van der Waals surface area contributed by atoms with Gasteiger partial charge in [0.2, 0.25) is 0 Å². The molecule has 24 heavy (non-hydrogen) atoms. The molecule has 0 aromatic carbocycles. The van der Waals surface area contributed by atoms with E-state index in [9.17, 15) is 0 Å². The molecule has 4 rings (SSSR count). The standard InChI is InChI=1S/C18H22N4O2/c1-23-8-6-16-21-15-11-20-14-3-2-7-19-17(14)18(15)22(16)12-13-4-9-24-10-5-13/h2-3,7,11,13H,4-6,8-10,12H2,1H3. The molecule has 0 saturated carbocycles. The van der Waals surface area contributed by atoms with Crippen molar-refractivity contribution >= 4 is 22.1 Å². The van der Waals surface area contributed by atoms with Gasteiger partial charge < -0.3 is 14.0 Å². The van der Waals surface area contributed by atoms with Gasteiger partial charge >= 0.3 is 0 Å². The molecule has 1 fully saturated rings. The van der Waals surface area contributed by atoms with Crippen LogP contribution in [-0.2, 0) is 22.4 Å². The minimum absolute atomic E-state index is 0.615. The molecule has 126 valence electrons. The van der Waals surface area contributed by atoms with E-state index in [4.69, 9.17) is 14.5 Å². The molecule has 0 N–H and O–H groups in total. The van der Waals surface area contributed by atoms with Gasteiger partial charge in [-0.3, -0.25) is 9.97 Å². The van der Waals surface area contributed by atoms with Crippen LogP contribution in [0, 0.1) is 5.92 Å². The zero-order valence-electron chi connectivity index (χ0n) is 13.9. The number of aromatic nitrogens is 4. The van der Waals surface area contributed by atoms with Gasteiger partial charge in [0, 0.05) is 39.5 Å². The van der Waals surface area contributed by atoms with Crippen molar-refractivity contribution in [1.82, 2.24) is 19.5 Å². The number of pyridine rings is 2. The molecule has 0 aliphatic carbocycles. The predicted molar refractivity (Wildman–Crippen MR) is 92.0 cm³/mol. The Kier molecular flexibility index (Phi) is 4.40. The number of methoxy groups -OCH3 is 1. The molecule has 0 radical (unpaired) electrons. The quantitative estimate of drug-likeness (QED) is 0.721. The maximum Gasteiger partial charge on any atom is 0.115 e. The zero-order valence-corrected chi connectivity index (χ0v) is 13.9. The number of nitrogens with zero attached hydrogens (tertiary/aromatic N) is 4. The number of fused-ring (bicyclic) bond motifs is 3. The summed E-state index contributed by atoms with van der Waals surface area (Å²) >= 11 is 0. The maximum absolute atomic E-state index is 5.50. The molecular formula is C18H22N4O2. The SMILES string of the molecule is COCCc1nc2cnc3cccnc3c2n1CC1CCOCC1. The van der Waals surface area contributed by atoms with Crippen LogP contribution in [-0.4, -0.2) is 46.4 Å². The first kappa shape index (κ1) is 15.5. The lowest BCUT2D eigenvalue weighted by Crippen LogP contribution is -2.21. The molecule has 0 bridgehead atoms. The van der Waals surface area contributed by atoms with E-state index >= 15 is 0 Å². The lowest BCUT2D eigenvalue weighted by atomic mass is 10.00. The van der Waals surface area contributed by atoms with Gasteiger partial charge in [0.15, 0.2) is 0 Å². The van der Waals surface area contributed by atoms with E-state index in [1.165, 1.54) is 0 Å². The summed E-state index contributed by atoms with van der Waals surface area (Å²) in [6.45, 7) is 3.32. The van der Waals surface area contributed by atoms with E-state index in [2.05, 4.69) is 14.5 Å². The van der Waals surface area contributed by atoms with Gasteiger partial charge in [0.25, 0.3) is 0 Å². The number of rotatable bonds is 5. The van der Waals surface area contributed by atoms with Crippen LogP contribution < -0.4 is 0 Å². The molecule has 6 nitrogen and oxygen atoms in total. The lowest BCUT2D eigenvalue weighted by Gasteiger charge is -2.23. The van der Waals surface area contributed by atoms with Gasteiger partial charge in [-0.25, -0.2) is 4.98 Å². The molecule has 3 aromatic heterocycles. The molecule has 6 heteroatoms. The smallest absolute Gasteiger partial charge is 0.115 e. The number of imidazole rings is 1. The van der Waals surface area contributed by atoms with Crippen molar-refractivity contribution in [2.24, 2.45) is 5.92 Å². The topological polar surface area (TPSA) is 62.1 Å². The normalized spacial score (nSPS) is 16.2. The highest BCUT2D eigenvalue weighted by atomic mass is 16.5. The minimum Gasteiger partial charge on any atom is -0.384 e. The largest absolute Gasteiger partial charge is 0.384 e. The van der Waals surface area contributed by atoms with Crippen LogP contribution in [0.3, 0.4) is 0 Å². The fraction of sp³-hybridized carbons (Fsp3) is 0.500. The Morgan fingerprint density at radius 3 is 2.96 bits per heavy atom. The van der Waals surface area contributed by atoms with Gasteiger partial charge in [-0.2, -0.15) is 0 Å². The van der Waals surface area contributed by atoms with Gasteiger partial charge in [-0.15, -0.1) is 0 Å². The summed E-state index contributed by atoms with van der Waals surface area (Å²) in [4.78, 5) is 13.9. The summed E-state index contributed by atoms with van der Waals surface area (Å²) in [6, 6.07) is 3.93. The Morgan fingerprint density at radius 2 is 2.12 bits per heavy atom. The number of hydrogen-bond acceptors (Lipinski definition) is 5. The Hall–Kier alpha value is -2.05. The van der Waals surface area contributed by atoms with Crippen LogP contribution in [0.1, 0.15) is 18.7 Å². The van der Waals surface area contributed by atoms with Crippen LogP contribution in [0.5, 0.6) is 0 Å². The van der Waals surface area contributed by atoms with Crippen molar-refractivity contribution in [2.45, 2.75) is 25.8 Å². The summed E-state index contributed by atoms with van der Waals surface area (Å²) in [7, 11) is 1.73. The monoisotopic (exact) mass is 326 g/mol. The van der Waals surface area contributed by atoms with E-state index in [-0.39, 0.29) is 0 Å². The van der Waals surface area contributed by atoms with Crippen molar-refractivity contribution in [3.05, 3.63) is 30.4 Å². The Bertz CT molecular complexity index is 840. The maximum atomic E-state index is 5.50. The summed E-state index contributed by atoms with van der Waals surface area (Å²) in [5.41, 5.74) is 3.85. The average Bonchev–Trinajstić information content (AvgIpc) is 2.99. The number of ether oxygens (including phenoxy) is 2. The fourth-order valence-corrected chi connectivity index (χ4v) is 3.44. The number of hydrogen-bond donors (Lipinski definition) is 0. The summed E-state index contributed by atoms with van der Waals surface area (Å²) in [6.07, 6.45) is 6.67. The third-order valence-corrected chi connectivity index (χ3v) is 4.72. The Labute approximate surface area is 140 Å². The Balaban J connectivity index is 1.83.